The standard InChI is InChI=1S/C20H23N3O6S3/c1-3-29-12-11-23-16-10-9-14(32(21,27)28)13-17(16)30-20(23)22-19(24)15-7-5-6-8-18(15)31(25,26)4-2/h5-10,13H,3-4,11-12H2,1-2H3,(H2,21,27,28). The number of primary sulfonamides is 1. The predicted molar refractivity (Wildman–Crippen MR) is 122 cm³/mol. The molecule has 0 aliphatic heterocycles. The summed E-state index contributed by atoms with van der Waals surface area (Å²) in [6.07, 6.45) is 0. The minimum atomic E-state index is -3.90. The van der Waals surface area contributed by atoms with Crippen LogP contribution in [0.25, 0.3) is 10.2 Å². The van der Waals surface area contributed by atoms with Crippen LogP contribution in [0.5, 0.6) is 0 Å². The van der Waals surface area contributed by atoms with Gasteiger partial charge in [0.15, 0.2) is 14.6 Å². The van der Waals surface area contributed by atoms with Crippen LogP contribution in [0.1, 0.15) is 24.2 Å². The van der Waals surface area contributed by atoms with E-state index in [1.807, 2.05) is 6.92 Å². The second-order valence-corrected chi connectivity index (χ2v) is 11.5. The quantitative estimate of drug-likeness (QED) is 0.472. The molecule has 9 nitrogen and oxygen atoms in total. The van der Waals surface area contributed by atoms with Gasteiger partial charge in [0.2, 0.25) is 10.0 Å². The number of benzene rings is 2. The maximum Gasteiger partial charge on any atom is 0.280 e. The lowest BCUT2D eigenvalue weighted by Crippen LogP contribution is -2.20. The summed E-state index contributed by atoms with van der Waals surface area (Å²) in [7, 11) is -7.53. The minimum Gasteiger partial charge on any atom is -0.380 e. The first-order valence-electron chi connectivity index (χ1n) is 9.73. The summed E-state index contributed by atoms with van der Waals surface area (Å²) in [6.45, 7) is 4.58. The minimum absolute atomic E-state index is 0.0200. The van der Waals surface area contributed by atoms with E-state index in [4.69, 9.17) is 9.88 Å². The number of fused-ring (bicyclic) bond motifs is 1. The van der Waals surface area contributed by atoms with Crippen molar-refractivity contribution in [1.82, 2.24) is 4.57 Å². The van der Waals surface area contributed by atoms with Gasteiger partial charge in [-0.15, -0.1) is 0 Å². The highest BCUT2D eigenvalue weighted by Crippen LogP contribution is 2.22. The van der Waals surface area contributed by atoms with Crippen LogP contribution >= 0.6 is 11.3 Å². The summed E-state index contributed by atoms with van der Waals surface area (Å²) in [4.78, 5) is 17.3. The molecule has 1 heterocycles. The summed E-state index contributed by atoms with van der Waals surface area (Å²) in [6, 6.07) is 10.3. The van der Waals surface area contributed by atoms with Crippen LogP contribution in [-0.4, -0.2) is 46.3 Å². The number of hydrogen-bond acceptors (Lipinski definition) is 7. The van der Waals surface area contributed by atoms with Crippen molar-refractivity contribution < 1.29 is 26.4 Å². The van der Waals surface area contributed by atoms with Crippen molar-refractivity contribution in [2.75, 3.05) is 19.0 Å². The highest BCUT2D eigenvalue weighted by Gasteiger charge is 2.21. The van der Waals surface area contributed by atoms with E-state index in [9.17, 15) is 21.6 Å². The molecule has 2 aromatic carbocycles. The highest BCUT2D eigenvalue weighted by molar-refractivity contribution is 7.91. The van der Waals surface area contributed by atoms with E-state index in [1.54, 1.807) is 22.8 Å². The number of nitrogens with two attached hydrogens (primary N) is 1. The van der Waals surface area contributed by atoms with Gasteiger partial charge in [0, 0.05) is 13.2 Å². The molecule has 0 fully saturated rings. The molecular weight excluding hydrogens is 474 g/mol. The third-order valence-electron chi connectivity index (χ3n) is 4.68. The molecule has 0 saturated heterocycles. The zero-order valence-electron chi connectivity index (χ0n) is 17.5. The smallest absolute Gasteiger partial charge is 0.280 e. The Kier molecular flexibility index (Phi) is 7.30. The van der Waals surface area contributed by atoms with E-state index in [0.29, 0.717) is 34.8 Å². The van der Waals surface area contributed by atoms with E-state index in [-0.39, 0.29) is 21.1 Å². The predicted octanol–water partition coefficient (Wildman–Crippen LogP) is 1.92. The third-order valence-corrected chi connectivity index (χ3v) is 8.41. The Morgan fingerprint density at radius 1 is 1.12 bits per heavy atom. The van der Waals surface area contributed by atoms with Crippen molar-refractivity contribution in [3.8, 4) is 0 Å². The molecule has 12 heteroatoms. The number of rotatable bonds is 8. The molecule has 1 amide bonds. The van der Waals surface area contributed by atoms with Gasteiger partial charge in [0.05, 0.1) is 37.9 Å². The summed E-state index contributed by atoms with van der Waals surface area (Å²) >= 11 is 1.10. The SMILES string of the molecule is CCOCCn1c(=NC(=O)c2ccccc2S(=O)(=O)CC)sc2cc(S(N)(=O)=O)ccc21. The fraction of sp³-hybridized carbons (Fsp3) is 0.300. The Morgan fingerprint density at radius 2 is 1.84 bits per heavy atom. The summed E-state index contributed by atoms with van der Waals surface area (Å²) < 4.78 is 56.0. The van der Waals surface area contributed by atoms with E-state index in [2.05, 4.69) is 4.99 Å². The topological polar surface area (TPSA) is 138 Å². The highest BCUT2D eigenvalue weighted by atomic mass is 32.2. The van der Waals surface area contributed by atoms with Crippen LogP contribution in [-0.2, 0) is 31.1 Å². The van der Waals surface area contributed by atoms with Crippen LogP contribution in [0.3, 0.4) is 0 Å². The zero-order valence-corrected chi connectivity index (χ0v) is 20.0. The van der Waals surface area contributed by atoms with E-state index >= 15 is 0 Å². The van der Waals surface area contributed by atoms with E-state index < -0.39 is 25.8 Å². The van der Waals surface area contributed by atoms with Gasteiger partial charge in [-0.25, -0.2) is 22.0 Å². The lowest BCUT2D eigenvalue weighted by atomic mass is 10.2. The molecule has 2 N–H and O–H groups in total. The summed E-state index contributed by atoms with van der Waals surface area (Å²) in [5, 5.41) is 5.23. The van der Waals surface area contributed by atoms with Gasteiger partial charge in [-0.05, 0) is 37.3 Å². The number of nitrogens with zero attached hydrogens (tertiary/aromatic N) is 2. The molecule has 0 unspecified atom stereocenters. The Labute approximate surface area is 190 Å². The molecule has 0 aliphatic carbocycles. The summed E-state index contributed by atoms with van der Waals surface area (Å²) in [5.74, 6) is -0.855. The van der Waals surface area contributed by atoms with Gasteiger partial charge in [-0.2, -0.15) is 4.99 Å². The fourth-order valence-corrected chi connectivity index (χ4v) is 5.84. The molecule has 0 spiro atoms. The largest absolute Gasteiger partial charge is 0.380 e. The number of amides is 1. The molecule has 3 rings (SSSR count). The number of sulfonamides is 1. The fourth-order valence-electron chi connectivity index (χ4n) is 3.05. The van der Waals surface area contributed by atoms with Crippen molar-refractivity contribution in [2.45, 2.75) is 30.2 Å². The number of thiazole rings is 1. The molecule has 1 aromatic heterocycles. The normalized spacial score (nSPS) is 13.0. The van der Waals surface area contributed by atoms with Gasteiger partial charge >= 0.3 is 0 Å². The van der Waals surface area contributed by atoms with Crippen molar-refractivity contribution >= 4 is 47.3 Å². The Bertz CT molecular complexity index is 1440. The molecule has 172 valence electrons. The molecule has 0 atom stereocenters. The van der Waals surface area contributed by atoms with Crippen LogP contribution < -0.4 is 9.94 Å². The van der Waals surface area contributed by atoms with Crippen molar-refractivity contribution in [3.05, 3.63) is 52.8 Å². The van der Waals surface area contributed by atoms with Gasteiger partial charge in [-0.3, -0.25) is 4.79 Å². The van der Waals surface area contributed by atoms with E-state index in [0.717, 1.165) is 11.3 Å². The van der Waals surface area contributed by atoms with Crippen molar-refractivity contribution in [1.29, 1.82) is 0 Å². The molecular formula is C20H23N3O6S3. The van der Waals surface area contributed by atoms with Crippen molar-refractivity contribution in [2.24, 2.45) is 10.1 Å². The first kappa shape index (κ1) is 24.3. The maximum atomic E-state index is 13.0. The van der Waals surface area contributed by atoms with Crippen LogP contribution in [0.4, 0.5) is 0 Å². The second-order valence-electron chi connectivity index (χ2n) is 6.72. The zero-order chi connectivity index (χ0) is 23.5. The van der Waals surface area contributed by atoms with Crippen LogP contribution in [0.2, 0.25) is 0 Å². The van der Waals surface area contributed by atoms with Crippen molar-refractivity contribution in [3.63, 3.8) is 0 Å². The third kappa shape index (κ3) is 5.15. The first-order valence-corrected chi connectivity index (χ1v) is 13.7. The first-order chi connectivity index (χ1) is 15.1. The lowest BCUT2D eigenvalue weighted by molar-refractivity contribution is 0.0993. The molecule has 0 bridgehead atoms. The molecule has 32 heavy (non-hydrogen) atoms. The number of aromatic nitrogens is 1. The molecule has 3 aromatic rings. The number of carbonyl (C=O) groups excluding carboxylic acids is 1. The average molecular weight is 498 g/mol. The number of carbonyl (C=O) groups is 1. The van der Waals surface area contributed by atoms with Gasteiger partial charge < -0.3 is 9.30 Å². The molecule has 0 radical (unpaired) electrons. The molecule has 0 aliphatic rings. The Hall–Kier alpha value is -2.38. The monoisotopic (exact) mass is 497 g/mol. The summed E-state index contributed by atoms with van der Waals surface area (Å²) in [5.41, 5.74) is 0.636. The van der Waals surface area contributed by atoms with E-state index in [1.165, 1.54) is 31.2 Å². The van der Waals surface area contributed by atoms with Gasteiger partial charge in [0.1, 0.15) is 0 Å². The van der Waals surface area contributed by atoms with Crippen LogP contribution in [0.15, 0.2) is 57.2 Å². The number of hydrogen-bond donors (Lipinski definition) is 1. The maximum absolute atomic E-state index is 13.0. The Balaban J connectivity index is 2.19. The number of sulfone groups is 1. The lowest BCUT2D eigenvalue weighted by Gasteiger charge is -2.07. The van der Waals surface area contributed by atoms with Crippen LogP contribution in [0, 0.1) is 0 Å². The average Bonchev–Trinajstić information content (AvgIpc) is 3.09. The van der Waals surface area contributed by atoms with Gasteiger partial charge in [0.25, 0.3) is 5.91 Å². The molecule has 0 saturated carbocycles. The Morgan fingerprint density at radius 3 is 2.50 bits per heavy atom. The van der Waals surface area contributed by atoms with Gasteiger partial charge in [-0.1, -0.05) is 30.4 Å². The number of ether oxygens (including phenoxy) is 1. The second kappa shape index (κ2) is 9.63.